The van der Waals surface area contributed by atoms with Gasteiger partial charge in [-0.2, -0.15) is 0 Å². The van der Waals surface area contributed by atoms with Gasteiger partial charge in [0.1, 0.15) is 5.79 Å². The molecular formula is C12H31N3O5Si2. The standard InChI is InChI=1S/C12H31N3O5Si2/c1-7-10(15-12(2,13)14)11-8-9-21(16-3,17-4)22(18-5,19-6)20-11/h10-11,15H,7-9,13-14H2,1-6H3. The minimum Gasteiger partial charge on any atom is -0.395 e. The Kier molecular flexibility index (Phi) is 7.14. The number of nitrogens with two attached hydrogens (primary N) is 2. The zero-order valence-electron chi connectivity index (χ0n) is 14.5. The van der Waals surface area contributed by atoms with Crippen LogP contribution in [0, 0.1) is 0 Å². The summed E-state index contributed by atoms with van der Waals surface area (Å²) in [5.41, 5.74) is 11.8. The molecule has 0 aromatic carbocycles. The molecule has 2 atom stereocenters. The Morgan fingerprint density at radius 1 is 1.18 bits per heavy atom. The van der Waals surface area contributed by atoms with E-state index in [1.165, 1.54) is 0 Å². The second-order valence-corrected chi connectivity index (χ2v) is 14.9. The van der Waals surface area contributed by atoms with Gasteiger partial charge in [0.15, 0.2) is 0 Å². The molecule has 1 heterocycles. The van der Waals surface area contributed by atoms with Crippen molar-refractivity contribution in [2.45, 2.75) is 50.7 Å². The molecule has 132 valence electrons. The first-order valence-corrected chi connectivity index (χ1v) is 12.2. The molecule has 0 aromatic rings. The number of hydrogen-bond donors (Lipinski definition) is 3. The quantitative estimate of drug-likeness (QED) is 0.406. The van der Waals surface area contributed by atoms with E-state index in [9.17, 15) is 0 Å². The summed E-state index contributed by atoms with van der Waals surface area (Å²) < 4.78 is 29.1. The summed E-state index contributed by atoms with van der Waals surface area (Å²) >= 11 is 0. The van der Waals surface area contributed by atoms with Crippen molar-refractivity contribution in [3.8, 4) is 0 Å². The molecule has 0 spiro atoms. The Bertz CT molecular complexity index is 348. The van der Waals surface area contributed by atoms with Crippen LogP contribution in [0.5, 0.6) is 0 Å². The van der Waals surface area contributed by atoms with Gasteiger partial charge >= 0.3 is 16.4 Å². The van der Waals surface area contributed by atoms with E-state index in [-0.39, 0.29) is 12.1 Å². The molecule has 0 aromatic heterocycles. The summed E-state index contributed by atoms with van der Waals surface area (Å²) in [5, 5.41) is 3.20. The number of rotatable bonds is 8. The summed E-state index contributed by atoms with van der Waals surface area (Å²) in [6.45, 7) is 3.78. The van der Waals surface area contributed by atoms with E-state index in [0.29, 0.717) is 0 Å². The molecule has 1 aliphatic heterocycles. The minimum atomic E-state index is -3.05. The Morgan fingerprint density at radius 3 is 2.09 bits per heavy atom. The molecule has 1 fully saturated rings. The van der Waals surface area contributed by atoms with E-state index in [1.54, 1.807) is 35.4 Å². The third-order valence-electron chi connectivity index (χ3n) is 4.11. The van der Waals surface area contributed by atoms with Crippen molar-refractivity contribution in [1.82, 2.24) is 5.32 Å². The molecular weight excluding hydrogens is 322 g/mol. The third-order valence-corrected chi connectivity index (χ3v) is 15.4. The van der Waals surface area contributed by atoms with Gasteiger partial charge < -0.3 is 33.6 Å². The normalized spacial score (nSPS) is 25.9. The number of hydrogen-bond acceptors (Lipinski definition) is 8. The fraction of sp³-hybridized carbons (Fsp3) is 1.00. The highest BCUT2D eigenvalue weighted by atomic mass is 29.3. The summed E-state index contributed by atoms with van der Waals surface area (Å²) in [4.78, 5) is 0. The highest BCUT2D eigenvalue weighted by molar-refractivity contribution is 7.29. The van der Waals surface area contributed by atoms with Gasteiger partial charge in [0.2, 0.25) is 0 Å². The van der Waals surface area contributed by atoms with Crippen LogP contribution < -0.4 is 16.8 Å². The maximum absolute atomic E-state index is 6.30. The summed E-state index contributed by atoms with van der Waals surface area (Å²) in [6.07, 6.45) is 1.48. The van der Waals surface area contributed by atoms with Gasteiger partial charge in [-0.25, -0.2) is 0 Å². The van der Waals surface area contributed by atoms with Gasteiger partial charge in [-0.15, -0.1) is 0 Å². The van der Waals surface area contributed by atoms with Crippen molar-refractivity contribution >= 4 is 16.4 Å². The molecule has 1 rings (SSSR count). The van der Waals surface area contributed by atoms with Crippen LogP contribution in [0.1, 0.15) is 26.7 Å². The Morgan fingerprint density at radius 2 is 1.73 bits per heavy atom. The van der Waals surface area contributed by atoms with E-state index < -0.39 is 22.2 Å². The summed E-state index contributed by atoms with van der Waals surface area (Å²) in [6, 6.07) is 0.737. The Balaban J connectivity index is 3.01. The fourth-order valence-corrected chi connectivity index (χ4v) is 12.6. The van der Waals surface area contributed by atoms with Crippen LogP contribution in [0.25, 0.3) is 0 Å². The van der Waals surface area contributed by atoms with Gasteiger partial charge in [-0.1, -0.05) is 6.92 Å². The van der Waals surface area contributed by atoms with E-state index in [2.05, 4.69) is 12.2 Å². The SMILES string of the molecule is CCC(NC(C)(N)N)C1CC[Si](OC)(OC)[Si](OC)(OC)O1. The highest BCUT2D eigenvalue weighted by Crippen LogP contribution is 2.37. The molecule has 5 N–H and O–H groups in total. The molecule has 0 radical (unpaired) electrons. The lowest BCUT2D eigenvalue weighted by molar-refractivity contribution is 0.0162. The van der Waals surface area contributed by atoms with Gasteiger partial charge in [0.05, 0.1) is 6.10 Å². The first kappa shape index (κ1) is 20.2. The maximum atomic E-state index is 6.30. The third kappa shape index (κ3) is 3.95. The molecule has 22 heavy (non-hydrogen) atoms. The first-order valence-electron chi connectivity index (χ1n) is 7.47. The Labute approximate surface area is 135 Å². The maximum Gasteiger partial charge on any atom is 0.539 e. The van der Waals surface area contributed by atoms with E-state index in [4.69, 9.17) is 33.6 Å². The highest BCUT2D eigenvalue weighted by Gasteiger charge is 2.70. The van der Waals surface area contributed by atoms with Gasteiger partial charge in [-0.05, 0) is 25.8 Å². The molecule has 10 heteroatoms. The lowest BCUT2D eigenvalue weighted by Crippen LogP contribution is -2.76. The molecule has 0 saturated carbocycles. The molecule has 0 bridgehead atoms. The average molecular weight is 354 g/mol. The topological polar surface area (TPSA) is 110 Å². The van der Waals surface area contributed by atoms with Gasteiger partial charge in [0.25, 0.3) is 0 Å². The van der Waals surface area contributed by atoms with Crippen molar-refractivity contribution in [2.24, 2.45) is 11.5 Å². The van der Waals surface area contributed by atoms with E-state index in [1.807, 2.05) is 0 Å². The van der Waals surface area contributed by atoms with Crippen LogP contribution in [0.3, 0.4) is 0 Å². The van der Waals surface area contributed by atoms with E-state index >= 15 is 0 Å². The van der Waals surface area contributed by atoms with Crippen LogP contribution >= 0.6 is 0 Å². The first-order chi connectivity index (χ1) is 10.2. The zero-order chi connectivity index (χ0) is 17.0. The van der Waals surface area contributed by atoms with Crippen LogP contribution in [0.4, 0.5) is 0 Å². The molecule has 1 saturated heterocycles. The predicted molar refractivity (Wildman–Crippen MR) is 87.8 cm³/mol. The van der Waals surface area contributed by atoms with Crippen LogP contribution in [0.2, 0.25) is 6.04 Å². The summed E-state index contributed by atoms with van der Waals surface area (Å²) in [7, 11) is 0.690. The van der Waals surface area contributed by atoms with Crippen molar-refractivity contribution in [3.05, 3.63) is 0 Å². The van der Waals surface area contributed by atoms with Gasteiger partial charge in [0, 0.05) is 34.5 Å². The molecule has 0 amide bonds. The molecule has 0 aliphatic carbocycles. The minimum absolute atomic E-state index is 0.00196. The smallest absolute Gasteiger partial charge is 0.395 e. The zero-order valence-corrected chi connectivity index (χ0v) is 16.5. The van der Waals surface area contributed by atoms with Crippen molar-refractivity contribution in [3.63, 3.8) is 0 Å². The second-order valence-electron chi connectivity index (χ2n) is 5.76. The van der Waals surface area contributed by atoms with E-state index in [0.717, 1.165) is 18.9 Å². The molecule has 2 unspecified atom stereocenters. The fourth-order valence-electron chi connectivity index (χ4n) is 3.00. The van der Waals surface area contributed by atoms with Crippen LogP contribution in [-0.4, -0.2) is 62.8 Å². The monoisotopic (exact) mass is 353 g/mol. The van der Waals surface area contributed by atoms with Crippen molar-refractivity contribution in [1.29, 1.82) is 0 Å². The predicted octanol–water partition coefficient (Wildman–Crippen LogP) is -0.220. The number of nitrogens with one attached hydrogen (secondary N) is 1. The van der Waals surface area contributed by atoms with Crippen molar-refractivity contribution in [2.75, 3.05) is 28.4 Å². The molecule has 1 aliphatic rings. The largest absolute Gasteiger partial charge is 0.539 e. The lowest BCUT2D eigenvalue weighted by Gasteiger charge is -2.47. The Hall–Kier alpha value is 0.114. The lowest BCUT2D eigenvalue weighted by atomic mass is 10.1. The second kappa shape index (κ2) is 7.79. The van der Waals surface area contributed by atoms with Crippen LogP contribution in [0.15, 0.2) is 0 Å². The van der Waals surface area contributed by atoms with Crippen molar-refractivity contribution < 1.29 is 22.1 Å². The molecule has 8 nitrogen and oxygen atoms in total. The van der Waals surface area contributed by atoms with Gasteiger partial charge in [-0.3, -0.25) is 5.32 Å². The summed E-state index contributed by atoms with van der Waals surface area (Å²) in [5.74, 6) is -0.969. The average Bonchev–Trinajstić information content (AvgIpc) is 2.50. The van der Waals surface area contributed by atoms with Crippen LogP contribution in [-0.2, 0) is 22.1 Å².